The monoisotopic (exact) mass is 367 g/mol. The number of halogens is 2. The van der Waals surface area contributed by atoms with Crippen molar-refractivity contribution in [3.05, 3.63) is 46.4 Å². The summed E-state index contributed by atoms with van der Waals surface area (Å²) >= 11 is 9.12. The maximum absolute atomic E-state index is 12.4. The van der Waals surface area contributed by atoms with E-state index in [0.29, 0.717) is 5.88 Å². The van der Waals surface area contributed by atoms with Crippen molar-refractivity contribution in [3.8, 4) is 0 Å². The predicted octanol–water partition coefficient (Wildman–Crippen LogP) is 5.08. The molecule has 0 saturated heterocycles. The van der Waals surface area contributed by atoms with Crippen LogP contribution in [0, 0.1) is 0 Å². The summed E-state index contributed by atoms with van der Waals surface area (Å²) in [5.74, 6) is 0.767. The van der Waals surface area contributed by atoms with Crippen molar-refractivity contribution in [3.63, 3.8) is 0 Å². The van der Waals surface area contributed by atoms with Gasteiger partial charge in [0, 0.05) is 29.5 Å². The molecule has 4 heteroatoms. The topological polar surface area (TPSA) is 20.3 Å². The Kier molecular flexibility index (Phi) is 6.07. The van der Waals surface area contributed by atoms with Crippen molar-refractivity contribution in [2.45, 2.75) is 19.3 Å². The average Bonchev–Trinajstić information content (AvgIpc) is 2.50. The van der Waals surface area contributed by atoms with Crippen LogP contribution < -0.4 is 0 Å². The largest absolute Gasteiger partial charge is 0.342 e. The van der Waals surface area contributed by atoms with E-state index in [2.05, 4.69) is 22.0 Å². The fourth-order valence-electron chi connectivity index (χ4n) is 2.29. The van der Waals surface area contributed by atoms with Crippen LogP contribution in [-0.2, 0) is 0 Å². The van der Waals surface area contributed by atoms with Crippen molar-refractivity contribution in [2.24, 2.45) is 0 Å². The van der Waals surface area contributed by atoms with E-state index in [1.165, 1.54) is 0 Å². The van der Waals surface area contributed by atoms with Gasteiger partial charge in [-0.2, -0.15) is 0 Å². The molecular weight excluding hydrogens is 350 g/mol. The van der Waals surface area contributed by atoms with Gasteiger partial charge in [-0.1, -0.05) is 34.5 Å². The zero-order valence-electron chi connectivity index (χ0n) is 12.1. The molecule has 0 N–H and O–H groups in total. The van der Waals surface area contributed by atoms with E-state index in [1.807, 2.05) is 37.4 Å². The van der Waals surface area contributed by atoms with Crippen LogP contribution in [0.3, 0.4) is 0 Å². The van der Waals surface area contributed by atoms with Crippen LogP contribution in [0.1, 0.15) is 29.6 Å². The van der Waals surface area contributed by atoms with E-state index in [9.17, 15) is 4.79 Å². The molecule has 0 aromatic heterocycles. The van der Waals surface area contributed by atoms with Gasteiger partial charge in [0.2, 0.25) is 0 Å². The molecule has 112 valence electrons. The van der Waals surface area contributed by atoms with Crippen LogP contribution in [0.25, 0.3) is 10.8 Å². The van der Waals surface area contributed by atoms with Crippen LogP contribution >= 0.6 is 27.5 Å². The first-order chi connectivity index (χ1) is 10.1. The highest BCUT2D eigenvalue weighted by molar-refractivity contribution is 9.10. The predicted molar refractivity (Wildman–Crippen MR) is 93.2 cm³/mol. The number of hydrogen-bond donors (Lipinski definition) is 0. The number of hydrogen-bond acceptors (Lipinski definition) is 1. The molecule has 0 saturated carbocycles. The highest BCUT2D eigenvalue weighted by atomic mass is 79.9. The van der Waals surface area contributed by atoms with Crippen molar-refractivity contribution < 1.29 is 4.79 Å². The minimum Gasteiger partial charge on any atom is -0.342 e. The molecule has 0 atom stereocenters. The molecule has 0 fully saturated rings. The molecule has 21 heavy (non-hydrogen) atoms. The molecule has 2 rings (SSSR count). The third-order valence-corrected chi connectivity index (χ3v) is 4.28. The van der Waals surface area contributed by atoms with Gasteiger partial charge in [0.15, 0.2) is 0 Å². The van der Waals surface area contributed by atoms with Crippen molar-refractivity contribution >= 4 is 44.2 Å². The number of amides is 1. The fourth-order valence-corrected chi connectivity index (χ4v) is 2.86. The van der Waals surface area contributed by atoms with Gasteiger partial charge in [0.05, 0.1) is 0 Å². The van der Waals surface area contributed by atoms with E-state index in [1.54, 1.807) is 4.90 Å². The zero-order chi connectivity index (χ0) is 15.2. The Labute approximate surface area is 139 Å². The minimum absolute atomic E-state index is 0.0747. The molecule has 0 aliphatic heterocycles. The summed E-state index contributed by atoms with van der Waals surface area (Å²) in [6, 6.07) is 11.9. The number of rotatable bonds is 6. The normalized spacial score (nSPS) is 10.8. The zero-order valence-corrected chi connectivity index (χ0v) is 14.5. The van der Waals surface area contributed by atoms with Crippen LogP contribution in [0.2, 0.25) is 0 Å². The second-order valence-corrected chi connectivity index (χ2v) is 6.48. The molecule has 2 aromatic rings. The number of carbonyl (C=O) groups excluding carboxylic acids is 1. The number of carbonyl (C=O) groups is 1. The summed E-state index contributed by atoms with van der Waals surface area (Å²) in [6.07, 6.45) is 3.07. The standard InChI is InChI=1S/C17H19BrClNO/c1-20(10-4-2-3-9-19)17(21)15-6-5-14-12-16(18)8-7-13(14)11-15/h5-8,11-12H,2-4,9-10H2,1H3. The maximum Gasteiger partial charge on any atom is 0.253 e. The third-order valence-electron chi connectivity index (χ3n) is 3.52. The lowest BCUT2D eigenvalue weighted by Crippen LogP contribution is -2.27. The average molecular weight is 369 g/mol. The van der Waals surface area contributed by atoms with E-state index < -0.39 is 0 Å². The van der Waals surface area contributed by atoms with Gasteiger partial charge in [-0.25, -0.2) is 0 Å². The first-order valence-corrected chi connectivity index (χ1v) is 8.45. The second kappa shape index (κ2) is 7.81. The Bertz CT molecular complexity index is 629. The summed E-state index contributed by atoms with van der Waals surface area (Å²) < 4.78 is 1.05. The van der Waals surface area contributed by atoms with Gasteiger partial charge in [0.25, 0.3) is 5.91 Å². The van der Waals surface area contributed by atoms with E-state index in [4.69, 9.17) is 11.6 Å². The first-order valence-electron chi connectivity index (χ1n) is 7.12. The van der Waals surface area contributed by atoms with Crippen molar-refractivity contribution in [2.75, 3.05) is 19.5 Å². The van der Waals surface area contributed by atoms with Gasteiger partial charge >= 0.3 is 0 Å². The highest BCUT2D eigenvalue weighted by Gasteiger charge is 2.11. The third kappa shape index (κ3) is 4.45. The lowest BCUT2D eigenvalue weighted by atomic mass is 10.1. The summed E-state index contributed by atoms with van der Waals surface area (Å²) in [4.78, 5) is 14.2. The van der Waals surface area contributed by atoms with E-state index >= 15 is 0 Å². The molecule has 0 radical (unpaired) electrons. The second-order valence-electron chi connectivity index (χ2n) is 5.18. The quantitative estimate of drug-likeness (QED) is 0.514. The van der Waals surface area contributed by atoms with E-state index in [-0.39, 0.29) is 5.91 Å². The molecule has 0 unspecified atom stereocenters. The molecular formula is C17H19BrClNO. The Hall–Kier alpha value is -1.06. The fraction of sp³-hybridized carbons (Fsp3) is 0.353. The van der Waals surface area contributed by atoms with Gasteiger partial charge in [-0.05, 0) is 47.9 Å². The molecule has 0 bridgehead atoms. The number of nitrogens with zero attached hydrogens (tertiary/aromatic N) is 1. The Balaban J connectivity index is 2.06. The SMILES string of the molecule is CN(CCCCCCl)C(=O)c1ccc2cc(Br)ccc2c1. The van der Waals surface area contributed by atoms with Gasteiger partial charge in [-0.15, -0.1) is 11.6 Å². The number of benzene rings is 2. The maximum atomic E-state index is 12.4. The summed E-state index contributed by atoms with van der Waals surface area (Å²) in [5.41, 5.74) is 0.740. The Morgan fingerprint density at radius 3 is 2.57 bits per heavy atom. The lowest BCUT2D eigenvalue weighted by Gasteiger charge is -2.17. The molecule has 0 heterocycles. The van der Waals surface area contributed by atoms with Crippen LogP contribution in [0.4, 0.5) is 0 Å². The van der Waals surface area contributed by atoms with Gasteiger partial charge in [0.1, 0.15) is 0 Å². The summed E-state index contributed by atoms with van der Waals surface area (Å²) in [5, 5.41) is 2.21. The number of alkyl halides is 1. The van der Waals surface area contributed by atoms with Gasteiger partial charge in [-0.3, -0.25) is 4.79 Å². The lowest BCUT2D eigenvalue weighted by molar-refractivity contribution is 0.0793. The van der Waals surface area contributed by atoms with Crippen LogP contribution in [0.15, 0.2) is 40.9 Å². The molecule has 2 nitrogen and oxygen atoms in total. The molecule has 1 amide bonds. The minimum atomic E-state index is 0.0747. The van der Waals surface area contributed by atoms with Crippen molar-refractivity contribution in [1.29, 1.82) is 0 Å². The Morgan fingerprint density at radius 1 is 1.10 bits per heavy atom. The first kappa shape index (κ1) is 16.3. The smallest absolute Gasteiger partial charge is 0.253 e. The number of fused-ring (bicyclic) bond motifs is 1. The van der Waals surface area contributed by atoms with Gasteiger partial charge < -0.3 is 4.90 Å². The summed E-state index contributed by atoms with van der Waals surface area (Å²) in [6.45, 7) is 0.772. The Morgan fingerprint density at radius 2 is 1.81 bits per heavy atom. The highest BCUT2D eigenvalue weighted by Crippen LogP contribution is 2.21. The van der Waals surface area contributed by atoms with Crippen LogP contribution in [0.5, 0.6) is 0 Å². The van der Waals surface area contributed by atoms with Crippen molar-refractivity contribution in [1.82, 2.24) is 4.90 Å². The summed E-state index contributed by atoms with van der Waals surface area (Å²) in [7, 11) is 1.86. The molecule has 2 aromatic carbocycles. The molecule has 0 aliphatic rings. The van der Waals surface area contributed by atoms with E-state index in [0.717, 1.165) is 46.6 Å². The number of unbranched alkanes of at least 4 members (excludes halogenated alkanes) is 2. The molecule has 0 aliphatic carbocycles. The van der Waals surface area contributed by atoms with Crippen LogP contribution in [-0.4, -0.2) is 30.3 Å². The molecule has 0 spiro atoms.